The highest BCUT2D eigenvalue weighted by atomic mass is 16.1. The van der Waals surface area contributed by atoms with Gasteiger partial charge in [-0.1, -0.05) is 32.0 Å². The highest BCUT2D eigenvalue weighted by molar-refractivity contribution is 5.92. The first-order valence-electron chi connectivity index (χ1n) is 6.45. The average Bonchev–Trinajstić information content (AvgIpc) is 2.40. The maximum absolute atomic E-state index is 11.9. The van der Waals surface area contributed by atoms with Gasteiger partial charge in [0.05, 0.1) is 6.42 Å². The van der Waals surface area contributed by atoms with Crippen molar-refractivity contribution in [2.45, 2.75) is 26.2 Å². The molecule has 98 valence electrons. The van der Waals surface area contributed by atoms with Crippen LogP contribution >= 0.6 is 0 Å². The summed E-state index contributed by atoms with van der Waals surface area (Å²) in [6.45, 7) is 4.27. The molecule has 2 aromatic rings. The fraction of sp³-hybridized carbons (Fsp3) is 0.250. The predicted molar refractivity (Wildman–Crippen MR) is 77.1 cm³/mol. The molecule has 0 radical (unpaired) electrons. The number of anilines is 1. The van der Waals surface area contributed by atoms with Crippen LogP contribution in [-0.2, 0) is 11.2 Å². The number of nitrogens with one attached hydrogen (secondary N) is 1. The van der Waals surface area contributed by atoms with E-state index in [1.165, 1.54) is 5.56 Å². The van der Waals surface area contributed by atoms with Crippen LogP contribution in [0.25, 0.3) is 0 Å². The van der Waals surface area contributed by atoms with Gasteiger partial charge in [-0.2, -0.15) is 0 Å². The molecule has 0 saturated carbocycles. The summed E-state index contributed by atoms with van der Waals surface area (Å²) in [5.74, 6) is 0.409. The summed E-state index contributed by atoms with van der Waals surface area (Å²) in [7, 11) is 0. The fourth-order valence-corrected chi connectivity index (χ4v) is 1.85. The third-order valence-corrected chi connectivity index (χ3v) is 2.90. The Labute approximate surface area is 113 Å². The number of hydrogen-bond acceptors (Lipinski definition) is 2. The van der Waals surface area contributed by atoms with Crippen molar-refractivity contribution in [2.75, 3.05) is 5.32 Å². The number of nitrogens with zero attached hydrogens (tertiary/aromatic N) is 1. The van der Waals surface area contributed by atoms with E-state index in [9.17, 15) is 4.79 Å². The van der Waals surface area contributed by atoms with E-state index in [4.69, 9.17) is 0 Å². The highest BCUT2D eigenvalue weighted by Crippen LogP contribution is 2.18. The molecule has 0 fully saturated rings. The molecule has 0 unspecified atom stereocenters. The quantitative estimate of drug-likeness (QED) is 0.908. The molecule has 0 aliphatic rings. The zero-order valence-electron chi connectivity index (χ0n) is 11.3. The van der Waals surface area contributed by atoms with Gasteiger partial charge in [0.1, 0.15) is 0 Å². The number of rotatable bonds is 4. The first-order chi connectivity index (χ1) is 9.15. The first kappa shape index (κ1) is 13.3. The van der Waals surface area contributed by atoms with Crippen molar-refractivity contribution in [1.82, 2.24) is 4.98 Å². The van der Waals surface area contributed by atoms with Crippen LogP contribution in [0.5, 0.6) is 0 Å². The number of pyridine rings is 1. The minimum Gasteiger partial charge on any atom is -0.326 e. The van der Waals surface area contributed by atoms with Crippen LogP contribution in [0.4, 0.5) is 5.69 Å². The second kappa shape index (κ2) is 6.14. The van der Waals surface area contributed by atoms with Gasteiger partial charge in [-0.3, -0.25) is 9.78 Å². The SMILES string of the molecule is CC(C)c1cccc(NC(=O)Cc2ccccn2)c1. The summed E-state index contributed by atoms with van der Waals surface area (Å²) in [5.41, 5.74) is 2.84. The van der Waals surface area contributed by atoms with Gasteiger partial charge in [0, 0.05) is 17.6 Å². The van der Waals surface area contributed by atoms with Gasteiger partial charge in [-0.05, 0) is 35.7 Å². The van der Waals surface area contributed by atoms with Crippen molar-refractivity contribution >= 4 is 11.6 Å². The number of benzene rings is 1. The lowest BCUT2D eigenvalue weighted by Crippen LogP contribution is -2.15. The maximum Gasteiger partial charge on any atom is 0.230 e. The summed E-state index contributed by atoms with van der Waals surface area (Å²) in [5, 5.41) is 2.91. The van der Waals surface area contributed by atoms with Gasteiger partial charge in [0.2, 0.25) is 5.91 Å². The molecule has 0 bridgehead atoms. The van der Waals surface area contributed by atoms with Gasteiger partial charge >= 0.3 is 0 Å². The Bertz CT molecular complexity index is 550. The second-order valence-electron chi connectivity index (χ2n) is 4.83. The summed E-state index contributed by atoms with van der Waals surface area (Å²) in [6, 6.07) is 13.5. The third-order valence-electron chi connectivity index (χ3n) is 2.90. The molecule has 1 aromatic carbocycles. The van der Waals surface area contributed by atoms with Crippen LogP contribution < -0.4 is 5.32 Å². The van der Waals surface area contributed by atoms with E-state index in [0.717, 1.165) is 11.4 Å². The van der Waals surface area contributed by atoms with E-state index in [1.54, 1.807) is 6.20 Å². The Balaban J connectivity index is 2.01. The summed E-state index contributed by atoms with van der Waals surface area (Å²) in [6.07, 6.45) is 1.99. The lowest BCUT2D eigenvalue weighted by Gasteiger charge is -2.09. The average molecular weight is 254 g/mol. The molecule has 0 spiro atoms. The number of carbonyl (C=O) groups is 1. The summed E-state index contributed by atoms with van der Waals surface area (Å²) >= 11 is 0. The molecule has 1 heterocycles. The van der Waals surface area contributed by atoms with Crippen molar-refractivity contribution in [3.05, 3.63) is 59.9 Å². The molecular formula is C16H18N2O. The van der Waals surface area contributed by atoms with Crippen LogP contribution in [0.3, 0.4) is 0 Å². The molecule has 19 heavy (non-hydrogen) atoms. The molecule has 1 N–H and O–H groups in total. The molecule has 0 aliphatic heterocycles. The van der Waals surface area contributed by atoms with Gasteiger partial charge in [0.15, 0.2) is 0 Å². The molecular weight excluding hydrogens is 236 g/mol. The third kappa shape index (κ3) is 3.91. The summed E-state index contributed by atoms with van der Waals surface area (Å²) in [4.78, 5) is 16.1. The van der Waals surface area contributed by atoms with Crippen molar-refractivity contribution in [1.29, 1.82) is 0 Å². The van der Waals surface area contributed by atoms with E-state index in [2.05, 4.69) is 30.2 Å². The van der Waals surface area contributed by atoms with E-state index in [-0.39, 0.29) is 5.91 Å². The lowest BCUT2D eigenvalue weighted by molar-refractivity contribution is -0.115. The fourth-order valence-electron chi connectivity index (χ4n) is 1.85. The normalized spacial score (nSPS) is 10.5. The standard InChI is InChI=1S/C16H18N2O/c1-12(2)13-6-5-8-15(10-13)18-16(19)11-14-7-3-4-9-17-14/h3-10,12H,11H2,1-2H3,(H,18,19). The Hall–Kier alpha value is -2.16. The zero-order chi connectivity index (χ0) is 13.7. The molecule has 1 aromatic heterocycles. The van der Waals surface area contributed by atoms with Crippen LogP contribution in [0, 0.1) is 0 Å². The van der Waals surface area contributed by atoms with Crippen LogP contribution in [0.2, 0.25) is 0 Å². The Morgan fingerprint density at radius 1 is 1.21 bits per heavy atom. The van der Waals surface area contributed by atoms with Crippen molar-refractivity contribution in [3.8, 4) is 0 Å². The van der Waals surface area contributed by atoms with Crippen molar-refractivity contribution in [2.24, 2.45) is 0 Å². The monoisotopic (exact) mass is 254 g/mol. The van der Waals surface area contributed by atoms with Crippen molar-refractivity contribution in [3.63, 3.8) is 0 Å². The first-order valence-corrected chi connectivity index (χ1v) is 6.45. The predicted octanol–water partition coefficient (Wildman–Crippen LogP) is 3.39. The van der Waals surface area contributed by atoms with Gasteiger partial charge in [-0.15, -0.1) is 0 Å². The Morgan fingerprint density at radius 2 is 2.05 bits per heavy atom. The smallest absolute Gasteiger partial charge is 0.230 e. The Kier molecular flexibility index (Phi) is 4.29. The molecule has 2 rings (SSSR count). The topological polar surface area (TPSA) is 42.0 Å². The second-order valence-corrected chi connectivity index (χ2v) is 4.83. The maximum atomic E-state index is 11.9. The van der Waals surface area contributed by atoms with E-state index < -0.39 is 0 Å². The van der Waals surface area contributed by atoms with Crippen LogP contribution in [-0.4, -0.2) is 10.9 Å². The largest absolute Gasteiger partial charge is 0.326 e. The van der Waals surface area contributed by atoms with Crippen molar-refractivity contribution < 1.29 is 4.79 Å². The molecule has 0 saturated heterocycles. The van der Waals surface area contributed by atoms with Crippen LogP contribution in [0.1, 0.15) is 31.0 Å². The minimum absolute atomic E-state index is 0.0420. The number of hydrogen-bond donors (Lipinski definition) is 1. The summed E-state index contributed by atoms with van der Waals surface area (Å²) < 4.78 is 0. The minimum atomic E-state index is -0.0420. The van der Waals surface area contributed by atoms with E-state index in [1.807, 2.05) is 36.4 Å². The van der Waals surface area contributed by atoms with Gasteiger partial charge in [-0.25, -0.2) is 0 Å². The molecule has 0 aliphatic carbocycles. The van der Waals surface area contributed by atoms with E-state index >= 15 is 0 Å². The molecule has 0 atom stereocenters. The lowest BCUT2D eigenvalue weighted by atomic mass is 10.0. The van der Waals surface area contributed by atoms with Crippen LogP contribution in [0.15, 0.2) is 48.7 Å². The van der Waals surface area contributed by atoms with E-state index in [0.29, 0.717) is 12.3 Å². The number of aromatic nitrogens is 1. The van der Waals surface area contributed by atoms with Gasteiger partial charge < -0.3 is 5.32 Å². The number of carbonyl (C=O) groups excluding carboxylic acids is 1. The highest BCUT2D eigenvalue weighted by Gasteiger charge is 2.06. The molecule has 1 amide bonds. The molecule has 3 heteroatoms. The van der Waals surface area contributed by atoms with Gasteiger partial charge in [0.25, 0.3) is 0 Å². The molecule has 3 nitrogen and oxygen atoms in total. The zero-order valence-corrected chi connectivity index (χ0v) is 11.3. The number of amides is 1. The Morgan fingerprint density at radius 3 is 2.74 bits per heavy atom.